The Morgan fingerprint density at radius 2 is 2.38 bits per heavy atom. The number of benzene rings is 1. The van der Waals surface area contributed by atoms with Gasteiger partial charge in [-0.1, -0.05) is 19.1 Å². The van der Waals surface area contributed by atoms with Gasteiger partial charge < -0.3 is 10.2 Å². The van der Waals surface area contributed by atoms with Crippen molar-refractivity contribution in [3.63, 3.8) is 0 Å². The fourth-order valence-corrected chi connectivity index (χ4v) is 2.17. The highest BCUT2D eigenvalue weighted by Gasteiger charge is 2.15. The van der Waals surface area contributed by atoms with Crippen molar-refractivity contribution in [2.24, 2.45) is 0 Å². The molecule has 1 aromatic carbocycles. The number of anilines is 1. The predicted molar refractivity (Wildman–Crippen MR) is 65.6 cm³/mol. The fraction of sp³-hybridized carbons (Fsp3) is 0.462. The molecule has 3 nitrogen and oxygen atoms in total. The van der Waals surface area contributed by atoms with Crippen LogP contribution < -0.4 is 10.2 Å². The summed E-state index contributed by atoms with van der Waals surface area (Å²) in [4.78, 5) is 12.7. The molecular weight excluding hydrogens is 200 g/mol. The molecule has 0 unspecified atom stereocenters. The zero-order valence-electron chi connectivity index (χ0n) is 9.70. The van der Waals surface area contributed by atoms with E-state index in [-0.39, 0.29) is 0 Å². The van der Waals surface area contributed by atoms with Gasteiger partial charge in [-0.15, -0.1) is 0 Å². The van der Waals surface area contributed by atoms with E-state index in [1.54, 1.807) is 4.90 Å². The lowest BCUT2D eigenvalue weighted by molar-refractivity contribution is -0.107. The summed E-state index contributed by atoms with van der Waals surface area (Å²) in [7, 11) is 0. The molecule has 3 heteroatoms. The van der Waals surface area contributed by atoms with Crippen LogP contribution in [0.3, 0.4) is 0 Å². The smallest absolute Gasteiger partial charge is 0.214 e. The number of nitrogens with zero attached hydrogens (tertiary/aromatic N) is 1. The van der Waals surface area contributed by atoms with Gasteiger partial charge in [0.25, 0.3) is 0 Å². The molecule has 0 atom stereocenters. The van der Waals surface area contributed by atoms with Crippen LogP contribution in [0.1, 0.15) is 24.5 Å². The Kier molecular flexibility index (Phi) is 3.57. The lowest BCUT2D eigenvalue weighted by atomic mass is 9.99. The Morgan fingerprint density at radius 1 is 1.50 bits per heavy atom. The SMILES string of the molecule is CCNCc1ccc2c(c1)CCCN2C=O. The van der Waals surface area contributed by atoms with Gasteiger partial charge in [-0.25, -0.2) is 0 Å². The van der Waals surface area contributed by atoms with Crippen molar-refractivity contribution in [2.45, 2.75) is 26.3 Å². The molecule has 0 saturated carbocycles. The van der Waals surface area contributed by atoms with E-state index in [1.165, 1.54) is 11.1 Å². The van der Waals surface area contributed by atoms with Gasteiger partial charge in [0.1, 0.15) is 0 Å². The van der Waals surface area contributed by atoms with Gasteiger partial charge in [0.05, 0.1) is 0 Å². The van der Waals surface area contributed by atoms with Crippen LogP contribution in [0.2, 0.25) is 0 Å². The number of amides is 1. The van der Waals surface area contributed by atoms with Gasteiger partial charge in [-0.2, -0.15) is 0 Å². The van der Waals surface area contributed by atoms with E-state index in [0.717, 1.165) is 44.6 Å². The molecule has 0 bridgehead atoms. The van der Waals surface area contributed by atoms with Crippen molar-refractivity contribution >= 4 is 12.1 Å². The number of rotatable bonds is 4. The number of fused-ring (bicyclic) bond motifs is 1. The highest BCUT2D eigenvalue weighted by molar-refractivity contribution is 5.78. The summed E-state index contributed by atoms with van der Waals surface area (Å²) in [5.41, 5.74) is 3.68. The molecule has 1 amide bonds. The maximum atomic E-state index is 10.9. The Labute approximate surface area is 96.5 Å². The Bertz CT molecular complexity index is 376. The largest absolute Gasteiger partial charge is 0.315 e. The van der Waals surface area contributed by atoms with Gasteiger partial charge in [-0.05, 0) is 36.6 Å². The normalized spacial score (nSPS) is 14.7. The maximum Gasteiger partial charge on any atom is 0.214 e. The second kappa shape index (κ2) is 5.12. The van der Waals surface area contributed by atoms with Gasteiger partial charge in [0.2, 0.25) is 6.41 Å². The molecule has 0 fully saturated rings. The third-order valence-electron chi connectivity index (χ3n) is 3.00. The van der Waals surface area contributed by atoms with E-state index in [1.807, 2.05) is 0 Å². The van der Waals surface area contributed by atoms with E-state index < -0.39 is 0 Å². The molecule has 0 aliphatic carbocycles. The van der Waals surface area contributed by atoms with Crippen LogP contribution in [0.4, 0.5) is 5.69 Å². The summed E-state index contributed by atoms with van der Waals surface area (Å²) in [5.74, 6) is 0. The molecule has 1 aliphatic rings. The van der Waals surface area contributed by atoms with Crippen molar-refractivity contribution in [2.75, 3.05) is 18.0 Å². The first-order valence-electron chi connectivity index (χ1n) is 5.89. The standard InChI is InChI=1S/C13H18N2O/c1-2-14-9-11-5-6-13-12(8-11)4-3-7-15(13)10-16/h5-6,8,10,14H,2-4,7,9H2,1H3. The highest BCUT2D eigenvalue weighted by Crippen LogP contribution is 2.26. The molecule has 0 spiro atoms. The van der Waals surface area contributed by atoms with Gasteiger partial charge in [0, 0.05) is 18.8 Å². The van der Waals surface area contributed by atoms with Crippen molar-refractivity contribution in [1.29, 1.82) is 0 Å². The summed E-state index contributed by atoms with van der Waals surface area (Å²) in [6, 6.07) is 6.38. The fourth-order valence-electron chi connectivity index (χ4n) is 2.17. The van der Waals surface area contributed by atoms with Crippen molar-refractivity contribution < 1.29 is 4.79 Å². The van der Waals surface area contributed by atoms with Crippen LogP contribution in [0.5, 0.6) is 0 Å². The second-order valence-corrected chi connectivity index (χ2v) is 4.15. The third kappa shape index (κ3) is 2.25. The quantitative estimate of drug-likeness (QED) is 0.780. The number of hydrogen-bond acceptors (Lipinski definition) is 2. The molecular formula is C13H18N2O. The zero-order chi connectivity index (χ0) is 11.4. The molecule has 1 aliphatic heterocycles. The summed E-state index contributed by atoms with van der Waals surface area (Å²) >= 11 is 0. The average molecular weight is 218 g/mol. The maximum absolute atomic E-state index is 10.9. The number of aryl methyl sites for hydroxylation is 1. The zero-order valence-corrected chi connectivity index (χ0v) is 9.70. The van der Waals surface area contributed by atoms with Crippen molar-refractivity contribution in [3.05, 3.63) is 29.3 Å². The molecule has 16 heavy (non-hydrogen) atoms. The van der Waals surface area contributed by atoms with E-state index in [0.29, 0.717) is 0 Å². The third-order valence-corrected chi connectivity index (χ3v) is 3.00. The minimum absolute atomic E-state index is 0.850. The summed E-state index contributed by atoms with van der Waals surface area (Å²) in [6.45, 7) is 4.85. The van der Waals surface area contributed by atoms with Crippen molar-refractivity contribution in [1.82, 2.24) is 5.32 Å². The summed E-state index contributed by atoms with van der Waals surface area (Å²) < 4.78 is 0. The first-order chi connectivity index (χ1) is 7.85. The van der Waals surface area contributed by atoms with Crippen LogP contribution in [0.25, 0.3) is 0 Å². The molecule has 0 aromatic heterocycles. The molecule has 2 rings (SSSR count). The van der Waals surface area contributed by atoms with Gasteiger partial charge in [0.15, 0.2) is 0 Å². The minimum Gasteiger partial charge on any atom is -0.315 e. The number of carbonyl (C=O) groups is 1. The van der Waals surface area contributed by atoms with Crippen LogP contribution >= 0.6 is 0 Å². The van der Waals surface area contributed by atoms with Crippen LogP contribution in [-0.2, 0) is 17.8 Å². The van der Waals surface area contributed by atoms with Crippen LogP contribution in [0, 0.1) is 0 Å². The lowest BCUT2D eigenvalue weighted by Gasteiger charge is -2.26. The minimum atomic E-state index is 0.850. The Morgan fingerprint density at radius 3 is 3.12 bits per heavy atom. The van der Waals surface area contributed by atoms with E-state index in [2.05, 4.69) is 30.4 Å². The first kappa shape index (κ1) is 11.1. The summed E-state index contributed by atoms with van der Waals surface area (Å²) in [5, 5.41) is 3.31. The molecule has 0 saturated heterocycles. The predicted octanol–water partition coefficient (Wildman–Crippen LogP) is 1.71. The van der Waals surface area contributed by atoms with E-state index in [4.69, 9.17) is 0 Å². The Balaban J connectivity index is 2.21. The number of nitrogens with one attached hydrogen (secondary N) is 1. The van der Waals surface area contributed by atoms with E-state index in [9.17, 15) is 4.79 Å². The molecule has 1 N–H and O–H groups in total. The van der Waals surface area contributed by atoms with Gasteiger partial charge in [-0.3, -0.25) is 4.79 Å². The van der Waals surface area contributed by atoms with Gasteiger partial charge >= 0.3 is 0 Å². The molecule has 0 radical (unpaired) electrons. The number of hydrogen-bond donors (Lipinski definition) is 1. The van der Waals surface area contributed by atoms with E-state index >= 15 is 0 Å². The van der Waals surface area contributed by atoms with Crippen molar-refractivity contribution in [3.8, 4) is 0 Å². The molecule has 86 valence electrons. The topological polar surface area (TPSA) is 32.3 Å². The monoisotopic (exact) mass is 218 g/mol. The lowest BCUT2D eigenvalue weighted by Crippen LogP contribution is -2.27. The summed E-state index contributed by atoms with van der Waals surface area (Å²) in [6.07, 6.45) is 3.08. The first-order valence-corrected chi connectivity index (χ1v) is 5.89. The highest BCUT2D eigenvalue weighted by atomic mass is 16.1. The molecule has 1 heterocycles. The molecule has 1 aromatic rings. The second-order valence-electron chi connectivity index (χ2n) is 4.15. The van der Waals surface area contributed by atoms with Crippen LogP contribution in [-0.4, -0.2) is 19.5 Å². The number of carbonyl (C=O) groups excluding carboxylic acids is 1. The van der Waals surface area contributed by atoms with Crippen LogP contribution in [0.15, 0.2) is 18.2 Å². The Hall–Kier alpha value is -1.35. The average Bonchev–Trinajstić information content (AvgIpc) is 2.35.